The number of likely N-dealkylation sites (tertiary alicyclic amines) is 1. The minimum Gasteiger partial charge on any atom is -0.335 e. The predicted molar refractivity (Wildman–Crippen MR) is 147 cm³/mol. The second-order valence-corrected chi connectivity index (χ2v) is 11.8. The number of hydrogen-bond acceptors (Lipinski definition) is 3. The number of piperidine rings is 1. The van der Waals surface area contributed by atoms with Crippen LogP contribution in [-0.4, -0.2) is 35.4 Å². The zero-order valence-corrected chi connectivity index (χ0v) is 22.1. The largest absolute Gasteiger partial charge is 0.335 e. The second kappa shape index (κ2) is 9.03. The Labute approximate surface area is 227 Å². The maximum atomic E-state index is 14.6. The average molecular weight is 528 g/mol. The van der Waals surface area contributed by atoms with Crippen molar-refractivity contribution >= 4 is 23.6 Å². The Bertz CT molecular complexity index is 1440. The van der Waals surface area contributed by atoms with Crippen molar-refractivity contribution in [3.8, 4) is 0 Å². The van der Waals surface area contributed by atoms with Gasteiger partial charge in [0.15, 0.2) is 0 Å². The van der Waals surface area contributed by atoms with Gasteiger partial charge >= 0.3 is 0 Å². The summed E-state index contributed by atoms with van der Waals surface area (Å²) < 4.78 is 13.9. The summed E-state index contributed by atoms with van der Waals surface area (Å²) in [6, 6.07) is 19.2. The van der Waals surface area contributed by atoms with Gasteiger partial charge in [0, 0.05) is 36.2 Å². The van der Waals surface area contributed by atoms with E-state index in [0.717, 1.165) is 49.9 Å². The standard InChI is InChI=1S/C32H31ClFN3O/c33-29-12-11-25-27(36-29)6-3-14-32(25)20-35-19-26(32)30(38)37-17-16-31(15-13-21-4-1-2-5-24(21)31)18-28(37)22-7-9-23(34)10-8-22/h1-2,4-5,7-13,15,26,28,35H,3,6,14,16-20H2/t26-,28?,31?,32-/m0/s1. The topological polar surface area (TPSA) is 45.2 Å². The molecule has 38 heavy (non-hydrogen) atoms. The van der Waals surface area contributed by atoms with Crippen LogP contribution in [0.5, 0.6) is 0 Å². The fourth-order valence-corrected chi connectivity index (χ4v) is 7.93. The molecule has 0 saturated carbocycles. The van der Waals surface area contributed by atoms with Crippen LogP contribution in [0.25, 0.3) is 6.08 Å². The van der Waals surface area contributed by atoms with Crippen molar-refractivity contribution in [1.82, 2.24) is 15.2 Å². The molecule has 3 aromatic rings. The number of amides is 1. The number of aromatic nitrogens is 1. The van der Waals surface area contributed by atoms with E-state index < -0.39 is 0 Å². The maximum absolute atomic E-state index is 14.6. The molecule has 1 N–H and O–H groups in total. The molecule has 0 bridgehead atoms. The third kappa shape index (κ3) is 3.66. The zero-order chi connectivity index (χ0) is 25.9. The minimum absolute atomic E-state index is 0.115. The first-order valence-electron chi connectivity index (χ1n) is 13.7. The van der Waals surface area contributed by atoms with Crippen molar-refractivity contribution in [3.63, 3.8) is 0 Å². The number of halogens is 2. The van der Waals surface area contributed by atoms with E-state index in [1.165, 1.54) is 28.8 Å². The van der Waals surface area contributed by atoms with E-state index in [4.69, 9.17) is 11.6 Å². The lowest BCUT2D eigenvalue weighted by Crippen LogP contribution is -2.52. The van der Waals surface area contributed by atoms with Crippen LogP contribution < -0.4 is 5.32 Å². The highest BCUT2D eigenvalue weighted by Gasteiger charge is 2.53. The van der Waals surface area contributed by atoms with Crippen LogP contribution in [0.2, 0.25) is 5.15 Å². The number of aryl methyl sites for hydroxylation is 1. The Balaban J connectivity index is 1.27. The predicted octanol–water partition coefficient (Wildman–Crippen LogP) is 6.00. The molecule has 2 aliphatic heterocycles. The molecule has 2 saturated heterocycles. The quantitative estimate of drug-likeness (QED) is 0.416. The first-order valence-corrected chi connectivity index (χ1v) is 14.1. The number of allylic oxidation sites excluding steroid dienone is 1. The molecule has 2 fully saturated rings. The molecule has 4 atom stereocenters. The van der Waals surface area contributed by atoms with Gasteiger partial charge in [0.1, 0.15) is 11.0 Å². The van der Waals surface area contributed by atoms with Crippen LogP contribution in [0.3, 0.4) is 0 Å². The first-order chi connectivity index (χ1) is 18.5. The normalized spacial score (nSPS) is 29.6. The number of carbonyl (C=O) groups excluding carboxylic acids is 1. The highest BCUT2D eigenvalue weighted by atomic mass is 35.5. The van der Waals surface area contributed by atoms with Crippen LogP contribution in [0.4, 0.5) is 4.39 Å². The molecular formula is C32H31ClFN3O. The molecule has 2 unspecified atom stereocenters. The Hall–Kier alpha value is -3.02. The van der Waals surface area contributed by atoms with Gasteiger partial charge in [0.25, 0.3) is 0 Å². The van der Waals surface area contributed by atoms with E-state index in [1.807, 2.05) is 18.2 Å². The third-order valence-electron chi connectivity index (χ3n) is 9.62. The number of nitrogens with zero attached hydrogens (tertiary/aromatic N) is 2. The summed E-state index contributed by atoms with van der Waals surface area (Å²) in [7, 11) is 0. The van der Waals surface area contributed by atoms with Crippen molar-refractivity contribution < 1.29 is 9.18 Å². The monoisotopic (exact) mass is 527 g/mol. The van der Waals surface area contributed by atoms with Crippen LogP contribution in [0.15, 0.2) is 66.7 Å². The van der Waals surface area contributed by atoms with Gasteiger partial charge in [-0.1, -0.05) is 66.2 Å². The summed E-state index contributed by atoms with van der Waals surface area (Å²) in [6.07, 6.45) is 9.08. The molecule has 3 heterocycles. The molecule has 2 aromatic carbocycles. The van der Waals surface area contributed by atoms with Gasteiger partial charge in [-0.3, -0.25) is 4.79 Å². The van der Waals surface area contributed by atoms with E-state index in [9.17, 15) is 9.18 Å². The molecule has 7 rings (SSSR count). The lowest BCUT2D eigenvalue weighted by molar-refractivity contribution is -0.141. The van der Waals surface area contributed by atoms with Gasteiger partial charge in [-0.2, -0.15) is 0 Å². The molecule has 2 spiro atoms. The summed E-state index contributed by atoms with van der Waals surface area (Å²) in [5.74, 6) is -0.239. The Morgan fingerprint density at radius 1 is 1.05 bits per heavy atom. The number of benzene rings is 2. The van der Waals surface area contributed by atoms with Crippen molar-refractivity contribution in [3.05, 3.63) is 106 Å². The smallest absolute Gasteiger partial charge is 0.228 e. The fraction of sp³-hybridized carbons (Fsp3) is 0.375. The van der Waals surface area contributed by atoms with Crippen molar-refractivity contribution in [1.29, 1.82) is 0 Å². The lowest BCUT2D eigenvalue weighted by Gasteiger charge is -2.48. The van der Waals surface area contributed by atoms with Crippen molar-refractivity contribution in [2.45, 2.75) is 49.0 Å². The van der Waals surface area contributed by atoms with Gasteiger partial charge in [0.2, 0.25) is 5.91 Å². The molecule has 6 heteroatoms. The number of pyridine rings is 1. The number of hydrogen-bond donors (Lipinski definition) is 1. The van der Waals surface area contributed by atoms with Gasteiger partial charge in [0.05, 0.1) is 12.0 Å². The van der Waals surface area contributed by atoms with Crippen molar-refractivity contribution in [2.75, 3.05) is 19.6 Å². The van der Waals surface area contributed by atoms with E-state index >= 15 is 0 Å². The Kier molecular flexibility index (Phi) is 5.71. The van der Waals surface area contributed by atoms with Crippen molar-refractivity contribution in [2.24, 2.45) is 5.92 Å². The van der Waals surface area contributed by atoms with Crippen LogP contribution >= 0.6 is 11.6 Å². The molecule has 1 aromatic heterocycles. The summed E-state index contributed by atoms with van der Waals surface area (Å²) >= 11 is 6.25. The number of carbonyl (C=O) groups is 1. The summed E-state index contributed by atoms with van der Waals surface area (Å²) in [6.45, 7) is 2.09. The number of fused-ring (bicyclic) bond motifs is 4. The molecule has 1 amide bonds. The highest BCUT2D eigenvalue weighted by molar-refractivity contribution is 6.29. The summed E-state index contributed by atoms with van der Waals surface area (Å²) in [5.41, 5.74) is 5.41. The highest BCUT2D eigenvalue weighted by Crippen LogP contribution is 2.51. The Morgan fingerprint density at radius 2 is 1.89 bits per heavy atom. The van der Waals surface area contributed by atoms with Gasteiger partial charge < -0.3 is 10.2 Å². The second-order valence-electron chi connectivity index (χ2n) is 11.5. The van der Waals surface area contributed by atoms with Crippen LogP contribution in [0.1, 0.15) is 59.7 Å². The minimum atomic E-state index is -0.273. The first kappa shape index (κ1) is 24.1. The van der Waals surface area contributed by atoms with Crippen LogP contribution in [-0.2, 0) is 22.0 Å². The van der Waals surface area contributed by atoms with E-state index in [1.54, 1.807) is 0 Å². The summed E-state index contributed by atoms with van der Waals surface area (Å²) in [5, 5.41) is 4.07. The van der Waals surface area contributed by atoms with E-state index in [2.05, 4.69) is 57.7 Å². The number of rotatable bonds is 2. The molecule has 0 radical (unpaired) electrons. The molecule has 4 aliphatic rings. The zero-order valence-electron chi connectivity index (χ0n) is 21.3. The average Bonchev–Trinajstić information content (AvgIpc) is 3.51. The van der Waals surface area contributed by atoms with E-state index in [0.29, 0.717) is 18.2 Å². The van der Waals surface area contributed by atoms with E-state index in [-0.39, 0.29) is 34.5 Å². The molecule has 2 aliphatic carbocycles. The van der Waals surface area contributed by atoms with Gasteiger partial charge in [-0.05, 0) is 72.6 Å². The third-order valence-corrected chi connectivity index (χ3v) is 9.83. The van der Waals surface area contributed by atoms with Gasteiger partial charge in [-0.15, -0.1) is 0 Å². The maximum Gasteiger partial charge on any atom is 0.228 e. The SMILES string of the molecule is O=C([C@@H]1CNC[C@]12CCCc1nc(Cl)ccc12)N1CCC2(C=Cc3ccccc32)CC1c1ccc(F)cc1. The number of nitrogens with one attached hydrogen (secondary N) is 1. The van der Waals surface area contributed by atoms with Crippen LogP contribution in [0, 0.1) is 11.7 Å². The summed E-state index contributed by atoms with van der Waals surface area (Å²) in [4.78, 5) is 21.3. The fourth-order valence-electron chi connectivity index (χ4n) is 7.76. The van der Waals surface area contributed by atoms with Gasteiger partial charge in [-0.25, -0.2) is 9.37 Å². The molecule has 194 valence electrons. The molecule has 4 nitrogen and oxygen atoms in total. The Morgan fingerprint density at radius 3 is 2.76 bits per heavy atom. The lowest BCUT2D eigenvalue weighted by atomic mass is 9.64. The molecular weight excluding hydrogens is 497 g/mol.